The normalized spacial score (nSPS) is 12.2. The van der Waals surface area contributed by atoms with Crippen LogP contribution in [0.4, 0.5) is 0 Å². The molecule has 16 aromatic carbocycles. The van der Waals surface area contributed by atoms with E-state index in [0.29, 0.717) is 5.82 Å². The van der Waals surface area contributed by atoms with Gasteiger partial charge in [-0.25, -0.2) is 9.97 Å². The van der Waals surface area contributed by atoms with E-state index in [-0.39, 0.29) is 0 Å². The highest BCUT2D eigenvalue weighted by Gasteiger charge is 2.22. The fourth-order valence-electron chi connectivity index (χ4n) is 17.0. The van der Waals surface area contributed by atoms with Crippen LogP contribution in [-0.4, -0.2) is 23.7 Å². The molecule has 0 bridgehead atoms. The minimum atomic E-state index is 0.655. The molecule has 0 saturated carbocycles. The zero-order valence-corrected chi connectivity index (χ0v) is 59.3. The zero-order valence-electron chi connectivity index (χ0n) is 56.9. The first-order valence-corrected chi connectivity index (χ1v) is 38.4. The van der Waals surface area contributed by atoms with E-state index in [1.807, 2.05) is 34.0 Å². The van der Waals surface area contributed by atoms with E-state index in [1.54, 1.807) is 0 Å². The minimum Gasteiger partial charge on any atom is -0.309 e. The predicted molar refractivity (Wildman–Crippen MR) is 454 cm³/mol. The molecule has 0 aliphatic carbocycles. The number of hydrogen-bond acceptors (Lipinski definition) is 5. The second-order valence-electron chi connectivity index (χ2n) is 28.0. The molecule has 7 heterocycles. The van der Waals surface area contributed by atoms with Gasteiger partial charge in [0.2, 0.25) is 0 Å². The van der Waals surface area contributed by atoms with Crippen molar-refractivity contribution in [3.8, 4) is 84.2 Å². The van der Waals surface area contributed by atoms with Gasteiger partial charge in [-0.05, 0) is 202 Å². The first-order valence-electron chi connectivity index (χ1n) is 36.0. The van der Waals surface area contributed by atoms with Crippen molar-refractivity contribution in [3.63, 3.8) is 0 Å². The Morgan fingerprint density at radius 1 is 0.179 bits per heavy atom. The topological polar surface area (TPSA) is 40.6 Å². The number of aromatic nitrogens is 5. The highest BCUT2D eigenvalue weighted by molar-refractivity contribution is 7.26. The Balaban J connectivity index is 0.650. The molecule has 0 aliphatic rings. The number of hydrogen-bond donors (Lipinski definition) is 0. The van der Waals surface area contributed by atoms with Gasteiger partial charge in [0.15, 0.2) is 5.82 Å². The summed E-state index contributed by atoms with van der Waals surface area (Å²) in [4.78, 5) is 11.2. The number of thiophene rings is 3. The summed E-state index contributed by atoms with van der Waals surface area (Å²) in [6, 6.07) is 128. The van der Waals surface area contributed by atoms with Crippen molar-refractivity contribution < 1.29 is 0 Å². The van der Waals surface area contributed by atoms with E-state index < -0.39 is 0 Å². The van der Waals surface area contributed by atoms with Crippen LogP contribution in [-0.2, 0) is 0 Å². The average Bonchev–Trinajstić information content (AvgIpc) is 1.56. The van der Waals surface area contributed by atoms with Crippen molar-refractivity contribution in [1.29, 1.82) is 0 Å². The molecular formula is C98H57N5S3. The number of fused-ring (bicyclic) bond motifs is 19. The quantitative estimate of drug-likeness (QED) is 0.144. The Morgan fingerprint density at radius 2 is 0.491 bits per heavy atom. The first kappa shape index (κ1) is 59.4. The summed E-state index contributed by atoms with van der Waals surface area (Å²) < 4.78 is 15.1. The predicted octanol–water partition coefficient (Wildman–Crippen LogP) is 28.0. The molecule has 23 rings (SSSR count). The highest BCUT2D eigenvalue weighted by Crippen LogP contribution is 2.45. The maximum atomic E-state index is 5.72. The molecule has 0 spiro atoms. The molecule has 5 nitrogen and oxygen atoms in total. The van der Waals surface area contributed by atoms with Crippen molar-refractivity contribution >= 4 is 171 Å². The van der Waals surface area contributed by atoms with Crippen molar-refractivity contribution in [2.45, 2.75) is 0 Å². The van der Waals surface area contributed by atoms with Gasteiger partial charge in [0.1, 0.15) is 0 Å². The van der Waals surface area contributed by atoms with Gasteiger partial charge in [0, 0.05) is 126 Å². The van der Waals surface area contributed by atoms with Crippen LogP contribution in [0.2, 0.25) is 0 Å². The van der Waals surface area contributed by atoms with E-state index in [0.717, 1.165) is 89.0 Å². The van der Waals surface area contributed by atoms with Crippen LogP contribution >= 0.6 is 34.0 Å². The lowest BCUT2D eigenvalue weighted by atomic mass is 9.99. The SMILES string of the molecule is c1cc(-c2ccc3nc(-c4cccc(-n5c6ccccc6c6cc(-c7ccc8sc9ccccc9c8c7)ccc65)c4)nc(-c4ccc(-n5c6ccccc6c6cc(-c7ccc8sc9ccccc9c8c7)ccc65)cc4)c3c2)cc(-n2c3ccccc3c3cc(-c4ccc5sc6ccccc6c5c4)ccc32)c1. The number of nitrogens with zero attached hydrogens (tertiary/aromatic N) is 5. The smallest absolute Gasteiger partial charge is 0.160 e. The van der Waals surface area contributed by atoms with Gasteiger partial charge in [-0.2, -0.15) is 0 Å². The van der Waals surface area contributed by atoms with Crippen LogP contribution in [0, 0.1) is 0 Å². The van der Waals surface area contributed by atoms with E-state index in [1.165, 1.54) is 126 Å². The van der Waals surface area contributed by atoms with E-state index in [2.05, 4.69) is 359 Å². The monoisotopic (exact) mass is 1400 g/mol. The van der Waals surface area contributed by atoms with Crippen molar-refractivity contribution in [3.05, 3.63) is 346 Å². The molecule has 0 N–H and O–H groups in total. The summed E-state index contributed by atoms with van der Waals surface area (Å²) >= 11 is 5.58. The molecule has 7 aromatic heterocycles. The maximum Gasteiger partial charge on any atom is 0.160 e. The summed E-state index contributed by atoms with van der Waals surface area (Å²) in [6.07, 6.45) is 0. The van der Waals surface area contributed by atoms with Crippen LogP contribution in [0.1, 0.15) is 0 Å². The lowest BCUT2D eigenvalue weighted by molar-refractivity contribution is 1.17. The van der Waals surface area contributed by atoms with Gasteiger partial charge in [-0.1, -0.05) is 188 Å². The van der Waals surface area contributed by atoms with Crippen LogP contribution in [0.25, 0.3) is 221 Å². The molecule has 0 atom stereocenters. The van der Waals surface area contributed by atoms with E-state index in [4.69, 9.17) is 9.97 Å². The fourth-order valence-corrected chi connectivity index (χ4v) is 20.3. The van der Waals surface area contributed by atoms with Crippen LogP contribution < -0.4 is 0 Å². The second-order valence-corrected chi connectivity index (χ2v) is 31.2. The molecular weight excluding hydrogens is 1340 g/mol. The van der Waals surface area contributed by atoms with Gasteiger partial charge in [-0.15, -0.1) is 34.0 Å². The van der Waals surface area contributed by atoms with Crippen molar-refractivity contribution in [2.24, 2.45) is 0 Å². The lowest BCUT2D eigenvalue weighted by Gasteiger charge is -2.14. The minimum absolute atomic E-state index is 0.655. The van der Waals surface area contributed by atoms with Crippen LogP contribution in [0.3, 0.4) is 0 Å². The highest BCUT2D eigenvalue weighted by atomic mass is 32.1. The molecule has 106 heavy (non-hydrogen) atoms. The zero-order chi connectivity index (χ0) is 69.2. The fraction of sp³-hybridized carbons (Fsp3) is 0. The Bertz CT molecular complexity index is 7660. The van der Waals surface area contributed by atoms with E-state index in [9.17, 15) is 0 Å². The summed E-state index contributed by atoms with van der Waals surface area (Å²) in [7, 11) is 0. The molecule has 0 unspecified atom stereocenters. The molecule has 0 amide bonds. The Hall–Kier alpha value is -13.1. The molecule has 0 fully saturated rings. The Labute approximate surface area is 619 Å². The largest absolute Gasteiger partial charge is 0.309 e. The average molecular weight is 1400 g/mol. The van der Waals surface area contributed by atoms with Crippen LogP contribution in [0.5, 0.6) is 0 Å². The number of rotatable bonds is 9. The van der Waals surface area contributed by atoms with E-state index >= 15 is 0 Å². The molecule has 0 radical (unpaired) electrons. The Morgan fingerprint density at radius 3 is 0.934 bits per heavy atom. The second kappa shape index (κ2) is 23.2. The molecule has 492 valence electrons. The van der Waals surface area contributed by atoms with Gasteiger partial charge in [-0.3, -0.25) is 0 Å². The third kappa shape index (κ3) is 9.25. The first-order chi connectivity index (χ1) is 52.5. The molecule has 0 aliphatic heterocycles. The standard InChI is InChI=1S/C98H57N5S3/c1-7-25-85-71(19-1)77-51-61(64-37-46-94-80(54-64)74-22-4-10-28-91(74)104-94)34-43-88(77)101(85)68-40-31-58(32-41-68)97-83-57-60(59-15-13-17-69(49-59)102-86-26-8-2-20-72(86)78-52-62(35-44-89(78)102)65-38-47-95-81(55-65)75-23-5-11-29-92(75)105-95)33-42-84(83)99-98(100-97)67-16-14-18-70(50-67)103-87-27-9-3-21-73(87)79-53-63(36-45-90(79)103)66-39-48-96-82(56-66)76-24-6-12-30-93(76)106-96/h1-57H. The summed E-state index contributed by atoms with van der Waals surface area (Å²) in [5.41, 5.74) is 23.2. The molecule has 8 heteroatoms. The van der Waals surface area contributed by atoms with Gasteiger partial charge in [0.25, 0.3) is 0 Å². The van der Waals surface area contributed by atoms with Crippen molar-refractivity contribution in [2.75, 3.05) is 0 Å². The number of para-hydroxylation sites is 3. The number of benzene rings is 16. The summed E-state index contributed by atoms with van der Waals surface area (Å²) in [6.45, 7) is 0. The van der Waals surface area contributed by atoms with Gasteiger partial charge in [0.05, 0.1) is 44.3 Å². The summed E-state index contributed by atoms with van der Waals surface area (Å²) in [5.74, 6) is 0.655. The lowest BCUT2D eigenvalue weighted by Crippen LogP contribution is -1.99. The maximum absolute atomic E-state index is 5.72. The van der Waals surface area contributed by atoms with Gasteiger partial charge < -0.3 is 13.7 Å². The van der Waals surface area contributed by atoms with Crippen LogP contribution in [0.15, 0.2) is 346 Å². The van der Waals surface area contributed by atoms with Crippen molar-refractivity contribution in [1.82, 2.24) is 23.7 Å². The Kier molecular flexibility index (Phi) is 13.0. The molecule has 23 aromatic rings. The third-order valence-corrected chi connectivity index (χ3v) is 25.5. The third-order valence-electron chi connectivity index (χ3n) is 22.0. The molecule has 0 saturated heterocycles. The summed E-state index contributed by atoms with van der Waals surface area (Å²) in [5, 5.41) is 16.1. The van der Waals surface area contributed by atoms with Gasteiger partial charge >= 0.3 is 0 Å².